The van der Waals surface area contributed by atoms with Crippen LogP contribution in [0.2, 0.25) is 0 Å². The van der Waals surface area contributed by atoms with Crippen LogP contribution in [0.25, 0.3) is 0 Å². The molecule has 120 valence electrons. The Morgan fingerprint density at radius 1 is 1.32 bits per heavy atom. The van der Waals surface area contributed by atoms with Crippen molar-refractivity contribution in [2.45, 2.75) is 39.0 Å². The van der Waals surface area contributed by atoms with Gasteiger partial charge in [-0.1, -0.05) is 11.6 Å². The topological polar surface area (TPSA) is 75.6 Å². The Kier molecular flexibility index (Phi) is 5.95. The third-order valence-electron chi connectivity index (χ3n) is 4.04. The number of carboxylic acids is 1. The van der Waals surface area contributed by atoms with Crippen LogP contribution in [-0.2, 0) is 9.53 Å². The fraction of sp³-hybridized carbons (Fsp3) is 0.529. The van der Waals surface area contributed by atoms with Crippen LogP contribution in [0.15, 0.2) is 18.2 Å². The molecule has 0 aromatic heterocycles. The predicted octanol–water partition coefficient (Wildman–Crippen LogP) is 3.23. The molecular weight excluding hydrogens is 282 g/mol. The zero-order valence-electron chi connectivity index (χ0n) is 12.9. The van der Waals surface area contributed by atoms with Crippen molar-refractivity contribution >= 4 is 17.6 Å². The SMILES string of the molecule is Cc1ccc(NC(=O)CCCC2CCOCC2)c(C(=O)O)c1. The first kappa shape index (κ1) is 16.5. The lowest BCUT2D eigenvalue weighted by Crippen LogP contribution is -2.17. The van der Waals surface area contributed by atoms with Crippen LogP contribution in [0.4, 0.5) is 5.69 Å². The molecule has 5 nitrogen and oxygen atoms in total. The Balaban J connectivity index is 1.82. The van der Waals surface area contributed by atoms with Gasteiger partial charge < -0.3 is 15.2 Å². The molecule has 1 aliphatic rings. The molecule has 0 aliphatic carbocycles. The summed E-state index contributed by atoms with van der Waals surface area (Å²) in [4.78, 5) is 23.2. The van der Waals surface area contributed by atoms with Crippen LogP contribution >= 0.6 is 0 Å². The van der Waals surface area contributed by atoms with Gasteiger partial charge in [0.2, 0.25) is 5.91 Å². The lowest BCUT2D eigenvalue weighted by atomic mass is 9.94. The molecule has 0 spiro atoms. The van der Waals surface area contributed by atoms with Crippen LogP contribution in [0.1, 0.15) is 48.0 Å². The summed E-state index contributed by atoms with van der Waals surface area (Å²) in [7, 11) is 0. The minimum absolute atomic E-state index is 0.126. The van der Waals surface area contributed by atoms with E-state index in [9.17, 15) is 14.7 Å². The predicted molar refractivity (Wildman–Crippen MR) is 84.2 cm³/mol. The van der Waals surface area contributed by atoms with Crippen LogP contribution in [0, 0.1) is 12.8 Å². The van der Waals surface area contributed by atoms with Gasteiger partial charge in [-0.3, -0.25) is 4.79 Å². The van der Waals surface area contributed by atoms with Gasteiger partial charge in [0.25, 0.3) is 0 Å². The molecule has 1 fully saturated rings. The highest BCUT2D eigenvalue weighted by atomic mass is 16.5. The number of carbonyl (C=O) groups excluding carboxylic acids is 1. The van der Waals surface area contributed by atoms with Crippen LogP contribution in [-0.4, -0.2) is 30.2 Å². The molecule has 1 aromatic carbocycles. The van der Waals surface area contributed by atoms with E-state index in [4.69, 9.17) is 4.74 Å². The second-order valence-corrected chi connectivity index (χ2v) is 5.85. The number of aryl methyl sites for hydroxylation is 1. The van der Waals surface area contributed by atoms with E-state index < -0.39 is 5.97 Å². The first-order valence-corrected chi connectivity index (χ1v) is 7.78. The number of anilines is 1. The number of amides is 1. The second kappa shape index (κ2) is 7.94. The molecule has 0 saturated carbocycles. The van der Waals surface area contributed by atoms with E-state index in [0.29, 0.717) is 18.0 Å². The number of hydrogen-bond acceptors (Lipinski definition) is 3. The van der Waals surface area contributed by atoms with Crippen molar-refractivity contribution in [1.82, 2.24) is 0 Å². The van der Waals surface area contributed by atoms with Crippen molar-refractivity contribution < 1.29 is 19.4 Å². The highest BCUT2D eigenvalue weighted by Crippen LogP contribution is 2.22. The Morgan fingerprint density at radius 3 is 2.73 bits per heavy atom. The average molecular weight is 305 g/mol. The lowest BCUT2D eigenvalue weighted by Gasteiger charge is -2.21. The Labute approximate surface area is 130 Å². The summed E-state index contributed by atoms with van der Waals surface area (Å²) < 4.78 is 5.32. The average Bonchev–Trinajstić information content (AvgIpc) is 2.50. The fourth-order valence-corrected chi connectivity index (χ4v) is 2.74. The van der Waals surface area contributed by atoms with Gasteiger partial charge in [-0.2, -0.15) is 0 Å². The molecule has 2 N–H and O–H groups in total. The van der Waals surface area contributed by atoms with E-state index in [-0.39, 0.29) is 11.5 Å². The van der Waals surface area contributed by atoms with E-state index in [1.807, 2.05) is 6.92 Å². The van der Waals surface area contributed by atoms with Gasteiger partial charge in [0, 0.05) is 19.6 Å². The molecular formula is C17H23NO4. The van der Waals surface area contributed by atoms with E-state index in [1.165, 1.54) is 0 Å². The first-order valence-electron chi connectivity index (χ1n) is 7.78. The summed E-state index contributed by atoms with van der Waals surface area (Å²) in [5, 5.41) is 11.9. The highest BCUT2D eigenvalue weighted by Gasteiger charge is 2.15. The van der Waals surface area contributed by atoms with Crippen molar-refractivity contribution in [3.05, 3.63) is 29.3 Å². The highest BCUT2D eigenvalue weighted by molar-refractivity contribution is 6.00. The number of rotatable bonds is 6. The van der Waals surface area contributed by atoms with Gasteiger partial charge in [0.1, 0.15) is 0 Å². The monoisotopic (exact) mass is 305 g/mol. The van der Waals surface area contributed by atoms with Crippen molar-refractivity contribution in [3.63, 3.8) is 0 Å². The summed E-state index contributed by atoms with van der Waals surface area (Å²) in [6, 6.07) is 5.01. The Morgan fingerprint density at radius 2 is 2.05 bits per heavy atom. The number of aromatic carboxylic acids is 1. The molecule has 1 heterocycles. The van der Waals surface area contributed by atoms with E-state index >= 15 is 0 Å². The van der Waals surface area contributed by atoms with Gasteiger partial charge in [-0.15, -0.1) is 0 Å². The van der Waals surface area contributed by atoms with Crippen LogP contribution < -0.4 is 5.32 Å². The summed E-state index contributed by atoms with van der Waals surface area (Å²) in [6.07, 6.45) is 4.41. The van der Waals surface area contributed by atoms with Crippen molar-refractivity contribution in [3.8, 4) is 0 Å². The number of nitrogens with one attached hydrogen (secondary N) is 1. The van der Waals surface area contributed by atoms with Crippen molar-refractivity contribution in [2.24, 2.45) is 5.92 Å². The molecule has 0 unspecified atom stereocenters. The molecule has 0 atom stereocenters. The van der Waals surface area contributed by atoms with E-state index in [2.05, 4.69) is 5.32 Å². The largest absolute Gasteiger partial charge is 0.478 e. The molecule has 1 amide bonds. The van der Waals surface area contributed by atoms with Gasteiger partial charge >= 0.3 is 5.97 Å². The molecule has 2 rings (SSSR count). The maximum absolute atomic E-state index is 12.0. The number of hydrogen-bond donors (Lipinski definition) is 2. The van der Waals surface area contributed by atoms with Gasteiger partial charge in [0.15, 0.2) is 0 Å². The maximum atomic E-state index is 12.0. The standard InChI is InChI=1S/C17H23NO4/c1-12-5-6-15(14(11-12)17(20)21)18-16(19)4-2-3-13-7-9-22-10-8-13/h5-6,11,13H,2-4,7-10H2,1H3,(H,18,19)(H,20,21). The molecule has 1 aromatic rings. The summed E-state index contributed by atoms with van der Waals surface area (Å²) in [6.45, 7) is 3.47. The molecule has 1 aliphatic heterocycles. The fourth-order valence-electron chi connectivity index (χ4n) is 2.74. The zero-order chi connectivity index (χ0) is 15.9. The number of carboxylic acid groups (broad SMARTS) is 1. The molecule has 1 saturated heterocycles. The minimum atomic E-state index is -1.03. The zero-order valence-corrected chi connectivity index (χ0v) is 12.9. The first-order chi connectivity index (χ1) is 10.6. The van der Waals surface area contributed by atoms with Crippen LogP contribution in [0.3, 0.4) is 0 Å². The van der Waals surface area contributed by atoms with Gasteiger partial charge in [0.05, 0.1) is 11.3 Å². The van der Waals surface area contributed by atoms with Gasteiger partial charge in [-0.25, -0.2) is 4.79 Å². The quantitative estimate of drug-likeness (QED) is 0.846. The van der Waals surface area contributed by atoms with E-state index in [0.717, 1.165) is 44.5 Å². The molecule has 5 heteroatoms. The Bertz CT molecular complexity index is 535. The normalized spacial score (nSPS) is 15.5. The minimum Gasteiger partial charge on any atom is -0.478 e. The molecule has 0 radical (unpaired) electrons. The lowest BCUT2D eigenvalue weighted by molar-refractivity contribution is -0.116. The second-order valence-electron chi connectivity index (χ2n) is 5.85. The third-order valence-corrected chi connectivity index (χ3v) is 4.04. The number of carbonyl (C=O) groups is 2. The molecule has 22 heavy (non-hydrogen) atoms. The van der Waals surface area contributed by atoms with Crippen molar-refractivity contribution in [1.29, 1.82) is 0 Å². The maximum Gasteiger partial charge on any atom is 0.337 e. The van der Waals surface area contributed by atoms with Crippen LogP contribution in [0.5, 0.6) is 0 Å². The van der Waals surface area contributed by atoms with E-state index in [1.54, 1.807) is 18.2 Å². The number of ether oxygens (including phenoxy) is 1. The van der Waals surface area contributed by atoms with Crippen molar-refractivity contribution in [2.75, 3.05) is 18.5 Å². The van der Waals surface area contributed by atoms with Gasteiger partial charge in [-0.05, 0) is 50.7 Å². The smallest absolute Gasteiger partial charge is 0.337 e. The third kappa shape index (κ3) is 4.84. The Hall–Kier alpha value is -1.88. The summed E-state index contributed by atoms with van der Waals surface area (Å²) >= 11 is 0. The number of benzene rings is 1. The summed E-state index contributed by atoms with van der Waals surface area (Å²) in [5.74, 6) is -0.505. The molecule has 0 bridgehead atoms. The summed E-state index contributed by atoms with van der Waals surface area (Å²) in [5.41, 5.74) is 1.36.